The number of Topliss-reactive ketones (excluding diaryl/α,β-unsaturated/α-hetero) is 1. The molecule has 1 atom stereocenters. The van der Waals surface area contributed by atoms with Crippen LogP contribution in [0.1, 0.15) is 28.9 Å². The van der Waals surface area contributed by atoms with Gasteiger partial charge in [0.1, 0.15) is 17.2 Å². The van der Waals surface area contributed by atoms with E-state index in [1.165, 1.54) is 12.1 Å². The fourth-order valence-corrected chi connectivity index (χ4v) is 3.87. The van der Waals surface area contributed by atoms with Gasteiger partial charge in [-0.05, 0) is 31.0 Å². The van der Waals surface area contributed by atoms with Gasteiger partial charge in [0.2, 0.25) is 0 Å². The van der Waals surface area contributed by atoms with Crippen LogP contribution in [0, 0.1) is 5.82 Å². The van der Waals surface area contributed by atoms with Gasteiger partial charge in [-0.2, -0.15) is 0 Å². The highest BCUT2D eigenvalue weighted by atomic mass is 19.1. The van der Waals surface area contributed by atoms with Gasteiger partial charge in [0.15, 0.2) is 17.4 Å². The molecule has 0 bridgehead atoms. The maximum Gasteiger partial charge on any atom is 0.189 e. The quantitative estimate of drug-likeness (QED) is 0.533. The number of nitrogen functional groups attached to an aromatic ring is 2. The Balaban J connectivity index is 1.66. The summed E-state index contributed by atoms with van der Waals surface area (Å²) in [5.41, 5.74) is 19.8. The molecule has 0 saturated carbocycles. The van der Waals surface area contributed by atoms with Crippen molar-refractivity contribution in [1.29, 1.82) is 0 Å². The first-order chi connectivity index (χ1) is 14.9. The summed E-state index contributed by atoms with van der Waals surface area (Å²) in [5, 5.41) is 0. The second kappa shape index (κ2) is 8.65. The number of nitrogens with zero attached hydrogens (tertiary/aromatic N) is 4. The summed E-state index contributed by atoms with van der Waals surface area (Å²) in [6.07, 6.45) is 5.34. The number of carbonyl (C=O) groups is 1. The lowest BCUT2D eigenvalue weighted by Crippen LogP contribution is -2.43. The van der Waals surface area contributed by atoms with Crippen molar-refractivity contribution >= 4 is 23.1 Å². The summed E-state index contributed by atoms with van der Waals surface area (Å²) in [4.78, 5) is 27.8. The summed E-state index contributed by atoms with van der Waals surface area (Å²) >= 11 is 0. The number of hydrogen-bond donors (Lipinski definition) is 3. The van der Waals surface area contributed by atoms with Gasteiger partial charge in [-0.3, -0.25) is 9.78 Å². The molecule has 31 heavy (non-hydrogen) atoms. The minimum atomic E-state index is -0.511. The minimum Gasteiger partial charge on any atom is -0.382 e. The third kappa shape index (κ3) is 4.31. The van der Waals surface area contributed by atoms with E-state index in [1.807, 2.05) is 6.07 Å². The molecular weight excluding hydrogens is 397 g/mol. The topological polar surface area (TPSA) is 137 Å². The lowest BCUT2D eigenvalue weighted by atomic mass is 10.0. The normalized spacial score (nSPS) is 16.3. The smallest absolute Gasteiger partial charge is 0.189 e. The average molecular weight is 421 g/mol. The molecule has 4 rings (SSSR count). The molecule has 1 aromatic carbocycles. The number of benzene rings is 1. The number of ketones is 1. The number of aromatic nitrogens is 3. The van der Waals surface area contributed by atoms with Gasteiger partial charge in [0.25, 0.3) is 0 Å². The molecule has 8 nitrogen and oxygen atoms in total. The van der Waals surface area contributed by atoms with E-state index in [0.717, 1.165) is 30.6 Å². The van der Waals surface area contributed by atoms with Crippen molar-refractivity contribution in [3.63, 3.8) is 0 Å². The predicted molar refractivity (Wildman–Crippen MR) is 118 cm³/mol. The SMILES string of the molecule is Nc1nc(N)c(-c2ccccc2F)nc1C(=O)Cc1cnccc1N1CCCC(N)C1. The molecule has 0 spiro atoms. The Bertz CT molecular complexity index is 1120. The Morgan fingerprint density at radius 1 is 1.16 bits per heavy atom. The molecule has 0 radical (unpaired) electrons. The van der Waals surface area contributed by atoms with Crippen LogP contribution in [-0.2, 0) is 6.42 Å². The van der Waals surface area contributed by atoms with E-state index in [2.05, 4.69) is 19.9 Å². The van der Waals surface area contributed by atoms with Crippen LogP contribution in [0.15, 0.2) is 42.7 Å². The molecular formula is C22H24FN7O. The molecule has 6 N–H and O–H groups in total. The molecule has 1 fully saturated rings. The van der Waals surface area contributed by atoms with E-state index < -0.39 is 5.82 Å². The van der Waals surface area contributed by atoms with Crippen molar-refractivity contribution < 1.29 is 9.18 Å². The van der Waals surface area contributed by atoms with Crippen molar-refractivity contribution in [2.24, 2.45) is 5.73 Å². The third-order valence-corrected chi connectivity index (χ3v) is 5.37. The summed E-state index contributed by atoms with van der Waals surface area (Å²) in [6, 6.07) is 8.00. The zero-order valence-corrected chi connectivity index (χ0v) is 17.0. The standard InChI is InChI=1S/C22H24FN7O/c23-16-6-2-1-5-15(16)19-21(25)29-22(26)20(28-19)18(31)10-13-11-27-8-7-17(13)30-9-3-4-14(24)12-30/h1-2,5-8,11,14H,3-4,9-10,12,24H2,(H4,25,26,29). The number of nitrogens with two attached hydrogens (primary N) is 3. The van der Waals surface area contributed by atoms with E-state index in [4.69, 9.17) is 17.2 Å². The van der Waals surface area contributed by atoms with E-state index in [1.54, 1.807) is 24.5 Å². The van der Waals surface area contributed by atoms with E-state index >= 15 is 0 Å². The second-order valence-corrected chi connectivity index (χ2v) is 7.62. The van der Waals surface area contributed by atoms with Crippen LogP contribution in [-0.4, -0.2) is 39.9 Å². The monoisotopic (exact) mass is 421 g/mol. The second-order valence-electron chi connectivity index (χ2n) is 7.62. The zero-order valence-electron chi connectivity index (χ0n) is 17.0. The Labute approximate surface area is 179 Å². The molecule has 1 saturated heterocycles. The molecule has 160 valence electrons. The van der Waals surface area contributed by atoms with Gasteiger partial charge in [-0.15, -0.1) is 0 Å². The Morgan fingerprint density at radius 3 is 2.74 bits per heavy atom. The number of halogens is 1. The van der Waals surface area contributed by atoms with Gasteiger partial charge >= 0.3 is 0 Å². The molecule has 0 aliphatic carbocycles. The van der Waals surface area contributed by atoms with Crippen LogP contribution in [0.3, 0.4) is 0 Å². The van der Waals surface area contributed by atoms with Crippen molar-refractivity contribution in [1.82, 2.24) is 15.0 Å². The molecule has 1 aliphatic heterocycles. The number of hydrogen-bond acceptors (Lipinski definition) is 8. The van der Waals surface area contributed by atoms with E-state index in [0.29, 0.717) is 6.54 Å². The molecule has 3 aromatic rings. The summed E-state index contributed by atoms with van der Waals surface area (Å²) in [6.45, 7) is 1.58. The number of anilines is 3. The minimum absolute atomic E-state index is 0.0222. The van der Waals surface area contributed by atoms with E-state index in [9.17, 15) is 9.18 Å². The summed E-state index contributed by atoms with van der Waals surface area (Å²) in [5.74, 6) is -0.989. The zero-order chi connectivity index (χ0) is 22.0. The van der Waals surface area contributed by atoms with Crippen molar-refractivity contribution in [3.8, 4) is 11.3 Å². The molecule has 1 unspecified atom stereocenters. The van der Waals surface area contributed by atoms with Crippen LogP contribution in [0.5, 0.6) is 0 Å². The molecule has 2 aromatic heterocycles. The van der Waals surface area contributed by atoms with Gasteiger partial charge in [0.05, 0.1) is 0 Å². The van der Waals surface area contributed by atoms with Gasteiger partial charge in [-0.25, -0.2) is 14.4 Å². The highest BCUT2D eigenvalue weighted by Gasteiger charge is 2.23. The van der Waals surface area contributed by atoms with Crippen LogP contribution < -0.4 is 22.1 Å². The first kappa shape index (κ1) is 20.7. The Hall–Kier alpha value is -3.59. The first-order valence-electron chi connectivity index (χ1n) is 10.1. The van der Waals surface area contributed by atoms with Crippen LogP contribution in [0.2, 0.25) is 0 Å². The van der Waals surface area contributed by atoms with Crippen molar-refractivity contribution in [3.05, 3.63) is 59.8 Å². The predicted octanol–water partition coefficient (Wildman–Crippen LogP) is 2.20. The largest absolute Gasteiger partial charge is 0.382 e. The maximum absolute atomic E-state index is 14.3. The maximum atomic E-state index is 14.3. The fourth-order valence-electron chi connectivity index (χ4n) is 3.87. The molecule has 9 heteroatoms. The Morgan fingerprint density at radius 2 is 1.97 bits per heavy atom. The highest BCUT2D eigenvalue weighted by Crippen LogP contribution is 2.28. The lowest BCUT2D eigenvalue weighted by Gasteiger charge is -2.33. The summed E-state index contributed by atoms with van der Waals surface area (Å²) in [7, 11) is 0. The van der Waals surface area contributed by atoms with Gasteiger partial charge in [0, 0.05) is 54.8 Å². The first-order valence-corrected chi connectivity index (χ1v) is 10.1. The number of carbonyl (C=O) groups excluding carboxylic acids is 1. The molecule has 3 heterocycles. The van der Waals surface area contributed by atoms with Gasteiger partial charge in [-0.1, -0.05) is 12.1 Å². The van der Waals surface area contributed by atoms with Crippen molar-refractivity contribution in [2.45, 2.75) is 25.3 Å². The molecule has 1 aliphatic rings. The molecule has 0 amide bonds. The van der Waals surface area contributed by atoms with Crippen LogP contribution in [0.25, 0.3) is 11.3 Å². The number of pyridine rings is 1. The summed E-state index contributed by atoms with van der Waals surface area (Å²) < 4.78 is 14.3. The van der Waals surface area contributed by atoms with Crippen molar-refractivity contribution in [2.75, 3.05) is 29.5 Å². The number of piperidine rings is 1. The Kier molecular flexibility index (Phi) is 5.77. The highest BCUT2D eigenvalue weighted by molar-refractivity contribution is 6.01. The van der Waals surface area contributed by atoms with E-state index in [-0.39, 0.29) is 46.8 Å². The number of rotatable bonds is 5. The average Bonchev–Trinajstić information content (AvgIpc) is 2.75. The van der Waals surface area contributed by atoms with Crippen LogP contribution in [0.4, 0.5) is 21.7 Å². The van der Waals surface area contributed by atoms with Crippen LogP contribution >= 0.6 is 0 Å². The lowest BCUT2D eigenvalue weighted by molar-refractivity contribution is 0.0989. The van der Waals surface area contributed by atoms with Gasteiger partial charge < -0.3 is 22.1 Å². The third-order valence-electron chi connectivity index (χ3n) is 5.37. The fraction of sp³-hybridized carbons (Fsp3) is 0.273.